The number of nitrogens with zero attached hydrogens (tertiary/aromatic N) is 1. The molecular weight excluding hydrogens is 361 g/mol. The van der Waals surface area contributed by atoms with Crippen molar-refractivity contribution in [2.75, 3.05) is 23.9 Å². The number of benzene rings is 2. The van der Waals surface area contributed by atoms with Crippen LogP contribution in [-0.4, -0.2) is 25.5 Å². The van der Waals surface area contributed by atoms with Gasteiger partial charge in [0.2, 0.25) is 11.8 Å². The van der Waals surface area contributed by atoms with Crippen molar-refractivity contribution in [1.29, 1.82) is 0 Å². The topological polar surface area (TPSA) is 58.6 Å². The summed E-state index contributed by atoms with van der Waals surface area (Å²) in [5, 5.41) is 2.71. The van der Waals surface area contributed by atoms with Crippen LogP contribution in [0.4, 0.5) is 24.5 Å². The van der Waals surface area contributed by atoms with Crippen LogP contribution in [0.5, 0.6) is 5.75 Å². The van der Waals surface area contributed by atoms with Crippen molar-refractivity contribution >= 4 is 23.2 Å². The van der Waals surface area contributed by atoms with E-state index in [2.05, 4.69) is 5.32 Å². The maximum absolute atomic E-state index is 12.9. The number of methoxy groups -OCH3 is 1. The van der Waals surface area contributed by atoms with Crippen LogP contribution in [0, 0.1) is 5.92 Å². The molecular formula is C19H17F3N2O3. The van der Waals surface area contributed by atoms with E-state index >= 15 is 0 Å². The van der Waals surface area contributed by atoms with E-state index in [1.54, 1.807) is 24.3 Å². The van der Waals surface area contributed by atoms with Crippen molar-refractivity contribution in [2.24, 2.45) is 5.92 Å². The summed E-state index contributed by atoms with van der Waals surface area (Å²) >= 11 is 0. The second kappa shape index (κ2) is 7.30. The summed E-state index contributed by atoms with van der Waals surface area (Å²) in [5.74, 6) is -0.973. The molecule has 5 nitrogen and oxygen atoms in total. The minimum absolute atomic E-state index is 0.0150. The fourth-order valence-corrected chi connectivity index (χ4v) is 2.97. The van der Waals surface area contributed by atoms with Gasteiger partial charge in [0.05, 0.1) is 24.3 Å². The number of halogens is 3. The van der Waals surface area contributed by atoms with Crippen molar-refractivity contribution in [3.63, 3.8) is 0 Å². The van der Waals surface area contributed by atoms with Gasteiger partial charge in [0, 0.05) is 18.7 Å². The Kier molecular flexibility index (Phi) is 5.07. The smallest absolute Gasteiger partial charge is 0.416 e. The van der Waals surface area contributed by atoms with Gasteiger partial charge in [0.25, 0.3) is 0 Å². The Bertz CT molecular complexity index is 867. The van der Waals surface area contributed by atoms with Gasteiger partial charge in [-0.2, -0.15) is 13.2 Å². The molecule has 1 saturated heterocycles. The molecule has 0 bridgehead atoms. The second-order valence-electron chi connectivity index (χ2n) is 6.14. The van der Waals surface area contributed by atoms with Crippen LogP contribution in [0.15, 0.2) is 48.5 Å². The lowest BCUT2D eigenvalue weighted by molar-refractivity contribution is -0.137. The van der Waals surface area contributed by atoms with Gasteiger partial charge in [-0.1, -0.05) is 18.2 Å². The Labute approximate surface area is 153 Å². The van der Waals surface area contributed by atoms with Crippen LogP contribution in [-0.2, 0) is 15.8 Å². The number of hydrogen-bond donors (Lipinski definition) is 1. The van der Waals surface area contributed by atoms with E-state index in [4.69, 9.17) is 4.74 Å². The third kappa shape index (κ3) is 4.05. The highest BCUT2D eigenvalue weighted by atomic mass is 19.4. The van der Waals surface area contributed by atoms with E-state index in [-0.39, 0.29) is 24.6 Å². The fraction of sp³-hybridized carbons (Fsp3) is 0.263. The summed E-state index contributed by atoms with van der Waals surface area (Å²) in [6.07, 6.45) is -4.57. The third-order valence-corrected chi connectivity index (χ3v) is 4.35. The predicted octanol–water partition coefficient (Wildman–Crippen LogP) is 3.71. The van der Waals surface area contributed by atoms with Crippen LogP contribution in [0.25, 0.3) is 0 Å². The first-order valence-electron chi connectivity index (χ1n) is 8.21. The molecule has 1 atom stereocenters. The number of ether oxygens (including phenoxy) is 1. The van der Waals surface area contributed by atoms with Crippen LogP contribution in [0.1, 0.15) is 12.0 Å². The van der Waals surface area contributed by atoms with Crippen molar-refractivity contribution < 1.29 is 27.5 Å². The summed E-state index contributed by atoms with van der Waals surface area (Å²) < 4.78 is 43.8. The molecule has 142 valence electrons. The van der Waals surface area contributed by atoms with Crippen molar-refractivity contribution in [3.8, 4) is 5.75 Å². The third-order valence-electron chi connectivity index (χ3n) is 4.35. The Balaban J connectivity index is 1.75. The average molecular weight is 378 g/mol. The minimum atomic E-state index is -4.50. The monoisotopic (exact) mass is 378 g/mol. The summed E-state index contributed by atoms with van der Waals surface area (Å²) in [6.45, 7) is 0.0150. The molecule has 0 aromatic heterocycles. The largest absolute Gasteiger partial charge is 0.495 e. The highest BCUT2D eigenvalue weighted by Gasteiger charge is 2.37. The molecule has 0 spiro atoms. The molecule has 2 aromatic carbocycles. The SMILES string of the molecule is COc1ccccc1NC(=O)C1CC(=O)N(c2cccc(C(F)(F)F)c2)C1. The normalized spacial score (nSPS) is 17.1. The number of carbonyl (C=O) groups is 2. The zero-order chi connectivity index (χ0) is 19.6. The number of amides is 2. The van der Waals surface area contributed by atoms with Crippen molar-refractivity contribution in [1.82, 2.24) is 0 Å². The molecule has 1 fully saturated rings. The van der Waals surface area contributed by atoms with E-state index < -0.39 is 23.6 Å². The zero-order valence-electron chi connectivity index (χ0n) is 14.4. The van der Waals surface area contributed by atoms with Crippen LogP contribution in [0.2, 0.25) is 0 Å². The number of anilines is 2. The fourth-order valence-electron chi connectivity index (χ4n) is 2.97. The highest BCUT2D eigenvalue weighted by Crippen LogP contribution is 2.34. The summed E-state index contributed by atoms with van der Waals surface area (Å²) in [4.78, 5) is 26.0. The quantitative estimate of drug-likeness (QED) is 0.883. The average Bonchev–Trinajstić information content (AvgIpc) is 3.03. The van der Waals surface area contributed by atoms with E-state index in [1.807, 2.05) is 0 Å². The Morgan fingerprint density at radius 1 is 1.19 bits per heavy atom. The second-order valence-corrected chi connectivity index (χ2v) is 6.14. The van der Waals surface area contributed by atoms with Crippen molar-refractivity contribution in [2.45, 2.75) is 12.6 Å². The number of hydrogen-bond acceptors (Lipinski definition) is 3. The number of nitrogens with one attached hydrogen (secondary N) is 1. The van der Waals surface area contributed by atoms with Gasteiger partial charge in [-0.05, 0) is 30.3 Å². The molecule has 1 unspecified atom stereocenters. The first-order chi connectivity index (χ1) is 12.8. The predicted molar refractivity (Wildman–Crippen MR) is 93.5 cm³/mol. The standard InChI is InChI=1S/C19H17F3N2O3/c1-27-16-8-3-2-7-15(16)23-18(26)12-9-17(25)24(11-12)14-6-4-5-13(10-14)19(20,21)22/h2-8,10,12H,9,11H2,1H3,(H,23,26). The molecule has 3 rings (SSSR count). The van der Waals surface area contributed by atoms with E-state index in [0.29, 0.717) is 11.4 Å². The molecule has 0 aliphatic carbocycles. The zero-order valence-corrected chi connectivity index (χ0v) is 14.4. The van der Waals surface area contributed by atoms with E-state index in [0.717, 1.165) is 12.1 Å². The lowest BCUT2D eigenvalue weighted by Crippen LogP contribution is -2.28. The van der Waals surface area contributed by atoms with Gasteiger partial charge in [0.1, 0.15) is 5.75 Å². The molecule has 0 saturated carbocycles. The number of para-hydroxylation sites is 2. The van der Waals surface area contributed by atoms with Gasteiger partial charge in [-0.25, -0.2) is 0 Å². The Hall–Kier alpha value is -3.03. The van der Waals surface area contributed by atoms with Crippen molar-refractivity contribution in [3.05, 3.63) is 54.1 Å². The Morgan fingerprint density at radius 3 is 2.63 bits per heavy atom. The van der Waals surface area contributed by atoms with Crippen LogP contribution >= 0.6 is 0 Å². The summed E-state index contributed by atoms with van der Waals surface area (Å²) in [5.41, 5.74) is -0.243. The minimum Gasteiger partial charge on any atom is -0.495 e. The maximum atomic E-state index is 12.9. The first-order valence-corrected chi connectivity index (χ1v) is 8.21. The summed E-state index contributed by atoms with van der Waals surface area (Å²) in [7, 11) is 1.47. The number of carbonyl (C=O) groups excluding carboxylic acids is 2. The molecule has 1 aliphatic rings. The summed E-state index contributed by atoms with van der Waals surface area (Å²) in [6, 6.07) is 11.4. The molecule has 27 heavy (non-hydrogen) atoms. The van der Waals surface area contributed by atoms with Gasteiger partial charge in [-0.3, -0.25) is 9.59 Å². The lowest BCUT2D eigenvalue weighted by atomic mass is 10.1. The molecule has 1 heterocycles. The van der Waals surface area contributed by atoms with Crippen LogP contribution in [0.3, 0.4) is 0 Å². The molecule has 2 amide bonds. The molecule has 0 radical (unpaired) electrons. The van der Waals surface area contributed by atoms with Gasteiger partial charge in [0.15, 0.2) is 0 Å². The molecule has 1 N–H and O–H groups in total. The first kappa shape index (κ1) is 18.8. The van der Waals surface area contributed by atoms with Gasteiger partial charge in [-0.15, -0.1) is 0 Å². The van der Waals surface area contributed by atoms with E-state index in [9.17, 15) is 22.8 Å². The molecule has 8 heteroatoms. The molecule has 2 aromatic rings. The highest BCUT2D eigenvalue weighted by molar-refractivity contribution is 6.03. The lowest BCUT2D eigenvalue weighted by Gasteiger charge is -2.18. The maximum Gasteiger partial charge on any atom is 0.416 e. The van der Waals surface area contributed by atoms with Gasteiger partial charge >= 0.3 is 6.18 Å². The molecule has 1 aliphatic heterocycles. The van der Waals surface area contributed by atoms with Crippen LogP contribution < -0.4 is 15.0 Å². The number of alkyl halides is 3. The number of rotatable bonds is 4. The van der Waals surface area contributed by atoms with E-state index in [1.165, 1.54) is 24.1 Å². The van der Waals surface area contributed by atoms with Gasteiger partial charge < -0.3 is 15.0 Å². The Morgan fingerprint density at radius 2 is 1.93 bits per heavy atom.